The fourth-order valence-electron chi connectivity index (χ4n) is 3.97. The number of hydrogen-bond donors (Lipinski definition) is 3. The van der Waals surface area contributed by atoms with Crippen molar-refractivity contribution in [1.82, 2.24) is 0 Å². The highest BCUT2D eigenvalue weighted by Gasteiger charge is 2.60. The average Bonchev–Trinajstić information content (AvgIpc) is 3.25. The lowest BCUT2D eigenvalue weighted by Gasteiger charge is -2.31. The van der Waals surface area contributed by atoms with Crippen molar-refractivity contribution in [3.8, 4) is 0 Å². The molecular weight excluding hydrogens is 364 g/mol. The maximum absolute atomic E-state index is 10.2. The predicted molar refractivity (Wildman–Crippen MR) is 86.2 cm³/mol. The Labute approximate surface area is 157 Å². The third-order valence-electron chi connectivity index (χ3n) is 5.21. The maximum Gasteiger partial charge on any atom is 0.190 e. The molecule has 156 valence electrons. The molecule has 4 aliphatic heterocycles. The van der Waals surface area contributed by atoms with Gasteiger partial charge in [0.1, 0.15) is 42.7 Å². The van der Waals surface area contributed by atoms with Crippen LogP contribution in [0.2, 0.25) is 0 Å². The van der Waals surface area contributed by atoms with Gasteiger partial charge in [-0.1, -0.05) is 0 Å². The summed E-state index contributed by atoms with van der Waals surface area (Å²) in [5.41, 5.74) is 0. The van der Waals surface area contributed by atoms with Gasteiger partial charge in [-0.25, -0.2) is 0 Å². The number of aliphatic hydroxyl groups is 3. The number of hydrogen-bond acceptors (Lipinski definition) is 10. The Balaban J connectivity index is 1.52. The molecule has 0 saturated carbocycles. The summed E-state index contributed by atoms with van der Waals surface area (Å²) in [7, 11) is 0. The molecule has 0 aromatic heterocycles. The molecule has 0 aromatic rings. The molecule has 0 radical (unpaired) electrons. The zero-order valence-electron chi connectivity index (χ0n) is 15.8. The van der Waals surface area contributed by atoms with Crippen molar-refractivity contribution in [3.05, 3.63) is 0 Å². The molecule has 0 aliphatic carbocycles. The van der Waals surface area contributed by atoms with Crippen molar-refractivity contribution in [1.29, 1.82) is 0 Å². The zero-order valence-corrected chi connectivity index (χ0v) is 15.8. The van der Waals surface area contributed by atoms with E-state index in [0.717, 1.165) is 0 Å². The largest absolute Gasteiger partial charge is 0.394 e. The van der Waals surface area contributed by atoms with Crippen molar-refractivity contribution in [2.24, 2.45) is 0 Å². The van der Waals surface area contributed by atoms with E-state index >= 15 is 0 Å². The molecule has 3 N–H and O–H groups in total. The van der Waals surface area contributed by atoms with Crippen LogP contribution in [0.15, 0.2) is 0 Å². The molecule has 0 aromatic carbocycles. The van der Waals surface area contributed by atoms with Crippen LogP contribution in [0, 0.1) is 0 Å². The second-order valence-electron chi connectivity index (χ2n) is 8.24. The minimum Gasteiger partial charge on any atom is -0.394 e. The van der Waals surface area contributed by atoms with Gasteiger partial charge in [0, 0.05) is 0 Å². The topological polar surface area (TPSA) is 125 Å². The van der Waals surface area contributed by atoms with E-state index in [9.17, 15) is 15.3 Å². The summed E-state index contributed by atoms with van der Waals surface area (Å²) in [4.78, 5) is 0. The Kier molecular flexibility index (Phi) is 5.04. The molecule has 4 rings (SSSR count). The smallest absolute Gasteiger partial charge is 0.190 e. The van der Waals surface area contributed by atoms with Crippen molar-refractivity contribution >= 4 is 0 Å². The third kappa shape index (κ3) is 3.64. The average molecular weight is 392 g/mol. The Hall–Kier alpha value is -0.400. The molecule has 0 bridgehead atoms. The second-order valence-corrected chi connectivity index (χ2v) is 8.24. The van der Waals surface area contributed by atoms with E-state index in [1.54, 1.807) is 27.7 Å². The van der Waals surface area contributed by atoms with Gasteiger partial charge >= 0.3 is 0 Å². The normalized spacial score (nSPS) is 51.0. The van der Waals surface area contributed by atoms with Crippen LogP contribution < -0.4 is 0 Å². The highest BCUT2D eigenvalue weighted by molar-refractivity contribution is 5.00. The molecule has 10 nitrogen and oxygen atoms in total. The number of ether oxygens (including phenoxy) is 7. The first-order valence-corrected chi connectivity index (χ1v) is 9.21. The number of aliphatic hydroxyl groups excluding tert-OH is 3. The van der Waals surface area contributed by atoms with Crippen molar-refractivity contribution in [2.75, 3.05) is 13.2 Å². The molecule has 27 heavy (non-hydrogen) atoms. The van der Waals surface area contributed by atoms with Gasteiger partial charge in [-0.15, -0.1) is 0 Å². The van der Waals surface area contributed by atoms with Crippen LogP contribution in [-0.2, 0) is 33.2 Å². The van der Waals surface area contributed by atoms with Crippen LogP contribution in [-0.4, -0.2) is 95.4 Å². The van der Waals surface area contributed by atoms with Gasteiger partial charge in [0.25, 0.3) is 0 Å². The maximum atomic E-state index is 10.2. The summed E-state index contributed by atoms with van der Waals surface area (Å²) in [5, 5.41) is 29.5. The van der Waals surface area contributed by atoms with Crippen molar-refractivity contribution in [3.63, 3.8) is 0 Å². The van der Waals surface area contributed by atoms with Gasteiger partial charge in [0.15, 0.2) is 24.2 Å². The van der Waals surface area contributed by atoms with E-state index in [4.69, 9.17) is 33.2 Å². The highest BCUT2D eigenvalue weighted by atomic mass is 16.9. The van der Waals surface area contributed by atoms with Crippen molar-refractivity contribution in [2.45, 2.75) is 94.6 Å². The first kappa shape index (κ1) is 19.9. The fraction of sp³-hybridized carbons (Fsp3) is 1.00. The summed E-state index contributed by atoms with van der Waals surface area (Å²) in [5.74, 6) is -1.60. The lowest BCUT2D eigenvalue weighted by atomic mass is 10.1. The van der Waals surface area contributed by atoms with Crippen LogP contribution in [0.3, 0.4) is 0 Å². The quantitative estimate of drug-likeness (QED) is 0.539. The molecule has 5 unspecified atom stereocenters. The number of rotatable bonds is 4. The van der Waals surface area contributed by atoms with Crippen LogP contribution in [0.4, 0.5) is 0 Å². The minimum absolute atomic E-state index is 0.302. The van der Waals surface area contributed by atoms with Gasteiger partial charge in [-0.05, 0) is 27.7 Å². The molecule has 10 heteroatoms. The summed E-state index contributed by atoms with van der Waals surface area (Å²) < 4.78 is 40.7. The summed E-state index contributed by atoms with van der Waals surface area (Å²) in [6.07, 6.45) is -7.57. The van der Waals surface area contributed by atoms with Crippen LogP contribution >= 0.6 is 0 Å². The first-order chi connectivity index (χ1) is 12.6. The lowest BCUT2D eigenvalue weighted by Crippen LogP contribution is -2.47. The minimum atomic E-state index is -1.31. The molecule has 9 atom stereocenters. The Morgan fingerprint density at radius 3 is 2.26 bits per heavy atom. The van der Waals surface area contributed by atoms with Crippen LogP contribution in [0.25, 0.3) is 0 Å². The van der Waals surface area contributed by atoms with Gasteiger partial charge in [-0.3, -0.25) is 0 Å². The predicted octanol–water partition coefficient (Wildman–Crippen LogP) is -1.16. The third-order valence-corrected chi connectivity index (χ3v) is 5.21. The molecule has 4 fully saturated rings. The van der Waals surface area contributed by atoms with E-state index in [1.807, 2.05) is 0 Å². The van der Waals surface area contributed by atoms with Gasteiger partial charge in [-0.2, -0.15) is 0 Å². The Morgan fingerprint density at radius 1 is 0.926 bits per heavy atom. The second kappa shape index (κ2) is 6.84. The molecule has 0 amide bonds. The molecule has 4 saturated heterocycles. The van der Waals surface area contributed by atoms with E-state index in [0.29, 0.717) is 6.61 Å². The summed E-state index contributed by atoms with van der Waals surface area (Å²) in [6, 6.07) is 0. The monoisotopic (exact) mass is 392 g/mol. The first-order valence-electron chi connectivity index (χ1n) is 9.21. The molecule has 4 heterocycles. The van der Waals surface area contributed by atoms with E-state index in [2.05, 4.69) is 0 Å². The SMILES string of the molecule is CC1(C)OCC(C2OC3OC(C)(C)OC3C2O[C@H]2O[C@H](CO)[C@H](O)[C@@H]2O)O1. The van der Waals surface area contributed by atoms with E-state index in [1.165, 1.54) is 0 Å². The highest BCUT2D eigenvalue weighted by Crippen LogP contribution is 2.43. The molecule has 4 aliphatic rings. The number of fused-ring (bicyclic) bond motifs is 1. The molecule has 0 spiro atoms. The Bertz CT molecular complexity index is 554. The van der Waals surface area contributed by atoms with E-state index in [-0.39, 0.29) is 0 Å². The van der Waals surface area contributed by atoms with Gasteiger partial charge in [0.05, 0.1) is 13.2 Å². The van der Waals surface area contributed by atoms with E-state index < -0.39 is 73.5 Å². The summed E-state index contributed by atoms with van der Waals surface area (Å²) >= 11 is 0. The fourth-order valence-corrected chi connectivity index (χ4v) is 3.97. The van der Waals surface area contributed by atoms with Gasteiger partial charge in [0.2, 0.25) is 0 Å². The van der Waals surface area contributed by atoms with Crippen molar-refractivity contribution < 1.29 is 48.5 Å². The Morgan fingerprint density at radius 2 is 1.67 bits per heavy atom. The standard InChI is InChI=1S/C17H28O10/c1-16(2)21-6-8(25-16)11-12(13-15(23-11)27-17(3,4)26-13)24-14-10(20)9(19)7(5-18)22-14/h7-15,18-20H,5-6H2,1-4H3/t7-,8?,9+,10+,11?,12?,13?,14-,15?/m1/s1. The lowest BCUT2D eigenvalue weighted by molar-refractivity contribution is -0.261. The van der Waals surface area contributed by atoms with Crippen LogP contribution in [0.1, 0.15) is 27.7 Å². The van der Waals surface area contributed by atoms with Crippen LogP contribution in [0.5, 0.6) is 0 Å². The van der Waals surface area contributed by atoms with Gasteiger partial charge < -0.3 is 48.5 Å². The summed E-state index contributed by atoms with van der Waals surface area (Å²) in [6.45, 7) is 7.02. The molecular formula is C17H28O10. The zero-order chi connectivity index (χ0) is 19.6.